The van der Waals surface area contributed by atoms with Gasteiger partial charge in [0.15, 0.2) is 28.7 Å². The van der Waals surface area contributed by atoms with Gasteiger partial charge in [0.25, 0.3) is 11.6 Å². The molecule has 3 aromatic rings. The van der Waals surface area contributed by atoms with Gasteiger partial charge in [-0.25, -0.2) is 4.39 Å². The lowest BCUT2D eigenvalue weighted by Crippen LogP contribution is -2.26. The van der Waals surface area contributed by atoms with Crippen LogP contribution in [0, 0.1) is 22.9 Å². The molecule has 0 aliphatic heterocycles. The Morgan fingerprint density at radius 3 is 2.55 bits per heavy atom. The van der Waals surface area contributed by atoms with E-state index in [4.69, 9.17) is 13.9 Å². The van der Waals surface area contributed by atoms with E-state index in [9.17, 15) is 19.3 Å². The summed E-state index contributed by atoms with van der Waals surface area (Å²) in [4.78, 5) is 23.3. The van der Waals surface area contributed by atoms with Gasteiger partial charge in [-0.1, -0.05) is 12.1 Å². The fourth-order valence-electron chi connectivity index (χ4n) is 3.10. The number of para-hydroxylation sites is 1. The zero-order chi connectivity index (χ0) is 21.1. The number of benzene rings is 2. The number of aryl methyl sites for hydroxylation is 1. The summed E-state index contributed by atoms with van der Waals surface area (Å²) >= 11 is 0. The number of methoxy groups -OCH3 is 2. The van der Waals surface area contributed by atoms with E-state index in [1.165, 1.54) is 38.5 Å². The second kappa shape index (κ2) is 8.17. The van der Waals surface area contributed by atoms with Crippen molar-refractivity contribution < 1.29 is 28.0 Å². The number of hydrogen-bond acceptors (Lipinski definition) is 6. The van der Waals surface area contributed by atoms with Gasteiger partial charge in [0.05, 0.1) is 25.2 Å². The average molecular weight is 402 g/mol. The van der Waals surface area contributed by atoms with Gasteiger partial charge in [0.1, 0.15) is 0 Å². The first-order chi connectivity index (χ1) is 13.9. The number of halogens is 1. The summed E-state index contributed by atoms with van der Waals surface area (Å²) < 4.78 is 29.5. The van der Waals surface area contributed by atoms with E-state index in [-0.39, 0.29) is 35.7 Å². The van der Waals surface area contributed by atoms with Crippen molar-refractivity contribution in [2.75, 3.05) is 20.8 Å². The molecule has 152 valence electrons. The number of nitro groups is 1. The molecule has 1 aromatic heterocycles. The third kappa shape index (κ3) is 3.84. The molecular weight excluding hydrogens is 383 g/mol. The molecule has 1 amide bonds. The molecule has 0 unspecified atom stereocenters. The summed E-state index contributed by atoms with van der Waals surface area (Å²) in [6.07, 6.45) is 0.177. The van der Waals surface area contributed by atoms with Gasteiger partial charge in [0, 0.05) is 23.1 Å². The van der Waals surface area contributed by atoms with Gasteiger partial charge in [-0.15, -0.1) is 0 Å². The number of hydrogen-bond donors (Lipinski definition) is 1. The number of furan rings is 1. The van der Waals surface area contributed by atoms with Crippen LogP contribution < -0.4 is 14.8 Å². The number of fused-ring (bicyclic) bond motifs is 1. The van der Waals surface area contributed by atoms with Crippen molar-refractivity contribution >= 4 is 22.6 Å². The molecule has 0 aliphatic carbocycles. The lowest BCUT2D eigenvalue weighted by molar-refractivity contribution is -0.385. The summed E-state index contributed by atoms with van der Waals surface area (Å²) in [6.45, 7) is 1.77. The number of carbonyl (C=O) groups excluding carboxylic acids is 1. The Balaban J connectivity index is 1.78. The quantitative estimate of drug-likeness (QED) is 0.476. The third-order valence-electron chi connectivity index (χ3n) is 4.58. The SMILES string of the molecule is COc1cc(CCNC(=O)c2oc3c(F)cccc3c2C)c([N+](=O)[O-])cc1OC. The normalized spacial score (nSPS) is 10.8. The van der Waals surface area contributed by atoms with Crippen LogP contribution in [0.4, 0.5) is 10.1 Å². The van der Waals surface area contributed by atoms with Crippen LogP contribution in [0.15, 0.2) is 34.7 Å². The molecule has 0 bridgehead atoms. The van der Waals surface area contributed by atoms with Gasteiger partial charge >= 0.3 is 0 Å². The number of nitro benzene ring substituents is 1. The summed E-state index contributed by atoms with van der Waals surface area (Å²) in [7, 11) is 2.82. The highest BCUT2D eigenvalue weighted by molar-refractivity contribution is 5.99. The minimum absolute atomic E-state index is 0.00640. The second-order valence-electron chi connectivity index (χ2n) is 6.27. The standard InChI is InChI=1S/C20H19FN2O6/c1-11-13-5-4-6-14(21)19(13)29-18(11)20(24)22-8-7-12-9-16(27-2)17(28-3)10-15(12)23(25)26/h4-6,9-10H,7-8H2,1-3H3,(H,22,24). The highest BCUT2D eigenvalue weighted by atomic mass is 19.1. The molecule has 1 heterocycles. The van der Waals surface area contributed by atoms with Crippen LogP contribution >= 0.6 is 0 Å². The number of nitrogens with zero attached hydrogens (tertiary/aromatic N) is 1. The summed E-state index contributed by atoms with van der Waals surface area (Å²) in [5.41, 5.74) is 0.777. The molecule has 3 rings (SSSR count). The van der Waals surface area contributed by atoms with Gasteiger partial charge < -0.3 is 19.2 Å². The number of amides is 1. The summed E-state index contributed by atoms with van der Waals surface area (Å²) in [5, 5.41) is 14.5. The molecule has 0 spiro atoms. The van der Waals surface area contributed by atoms with Crippen LogP contribution in [0.2, 0.25) is 0 Å². The van der Waals surface area contributed by atoms with E-state index in [1.54, 1.807) is 13.0 Å². The van der Waals surface area contributed by atoms with Crippen LogP contribution in [0.1, 0.15) is 21.7 Å². The maximum absolute atomic E-state index is 13.9. The lowest BCUT2D eigenvalue weighted by atomic mass is 10.1. The fourth-order valence-corrected chi connectivity index (χ4v) is 3.10. The van der Waals surface area contributed by atoms with Gasteiger partial charge in [0.2, 0.25) is 0 Å². The maximum atomic E-state index is 13.9. The molecule has 0 saturated carbocycles. The lowest BCUT2D eigenvalue weighted by Gasteiger charge is -2.11. The van der Waals surface area contributed by atoms with Crippen molar-refractivity contribution in [3.63, 3.8) is 0 Å². The third-order valence-corrected chi connectivity index (χ3v) is 4.58. The Bertz CT molecular complexity index is 1090. The van der Waals surface area contributed by atoms with Crippen molar-refractivity contribution in [1.82, 2.24) is 5.32 Å². The summed E-state index contributed by atoms with van der Waals surface area (Å²) in [5.74, 6) is -0.478. The summed E-state index contributed by atoms with van der Waals surface area (Å²) in [6, 6.07) is 7.25. The monoisotopic (exact) mass is 402 g/mol. The highest BCUT2D eigenvalue weighted by Crippen LogP contribution is 2.34. The Morgan fingerprint density at radius 1 is 1.24 bits per heavy atom. The fraction of sp³-hybridized carbons (Fsp3) is 0.250. The van der Waals surface area contributed by atoms with Gasteiger partial charge in [-0.05, 0) is 25.5 Å². The van der Waals surface area contributed by atoms with E-state index in [2.05, 4.69) is 5.32 Å². The molecular formula is C20H19FN2O6. The van der Waals surface area contributed by atoms with Crippen LogP contribution in [-0.2, 0) is 6.42 Å². The first-order valence-electron chi connectivity index (χ1n) is 8.72. The molecule has 8 nitrogen and oxygen atoms in total. The molecule has 0 aliphatic rings. The molecule has 0 radical (unpaired) electrons. The first-order valence-corrected chi connectivity index (χ1v) is 8.72. The second-order valence-corrected chi connectivity index (χ2v) is 6.27. The topological polar surface area (TPSA) is 104 Å². The molecule has 1 N–H and O–H groups in total. The predicted octanol–water partition coefficient (Wildman–Crippen LogP) is 3.78. The Hall–Kier alpha value is -3.62. The van der Waals surface area contributed by atoms with E-state index in [0.717, 1.165) is 0 Å². The van der Waals surface area contributed by atoms with Crippen LogP contribution in [-0.4, -0.2) is 31.6 Å². The molecule has 9 heteroatoms. The smallest absolute Gasteiger partial charge is 0.287 e. The predicted molar refractivity (Wildman–Crippen MR) is 103 cm³/mol. The average Bonchev–Trinajstić information content (AvgIpc) is 3.05. The van der Waals surface area contributed by atoms with E-state index >= 15 is 0 Å². The molecule has 2 aromatic carbocycles. The minimum atomic E-state index is -0.550. The van der Waals surface area contributed by atoms with Crippen molar-refractivity contribution in [2.45, 2.75) is 13.3 Å². The number of carbonyl (C=O) groups is 1. The van der Waals surface area contributed by atoms with Crippen LogP contribution in [0.25, 0.3) is 11.0 Å². The zero-order valence-corrected chi connectivity index (χ0v) is 16.1. The number of rotatable bonds is 7. The Labute approximate surface area is 165 Å². The molecule has 0 atom stereocenters. The Morgan fingerprint density at radius 2 is 1.93 bits per heavy atom. The first kappa shape index (κ1) is 20.1. The largest absolute Gasteiger partial charge is 0.493 e. The highest BCUT2D eigenvalue weighted by Gasteiger charge is 2.21. The van der Waals surface area contributed by atoms with Crippen LogP contribution in [0.5, 0.6) is 11.5 Å². The van der Waals surface area contributed by atoms with Crippen molar-refractivity contribution in [3.05, 3.63) is 63.2 Å². The molecule has 0 saturated heterocycles. The van der Waals surface area contributed by atoms with E-state index in [1.807, 2.05) is 0 Å². The minimum Gasteiger partial charge on any atom is -0.493 e. The maximum Gasteiger partial charge on any atom is 0.287 e. The Kier molecular flexibility index (Phi) is 5.67. The van der Waals surface area contributed by atoms with E-state index < -0.39 is 16.6 Å². The van der Waals surface area contributed by atoms with Crippen molar-refractivity contribution in [1.29, 1.82) is 0 Å². The van der Waals surface area contributed by atoms with Gasteiger partial charge in [-0.3, -0.25) is 14.9 Å². The number of nitrogens with one attached hydrogen (secondary N) is 1. The number of ether oxygens (including phenoxy) is 2. The van der Waals surface area contributed by atoms with Crippen molar-refractivity contribution in [2.24, 2.45) is 0 Å². The van der Waals surface area contributed by atoms with Crippen LogP contribution in [0.3, 0.4) is 0 Å². The van der Waals surface area contributed by atoms with Crippen molar-refractivity contribution in [3.8, 4) is 11.5 Å². The zero-order valence-electron chi connectivity index (χ0n) is 16.1. The molecule has 29 heavy (non-hydrogen) atoms. The van der Waals surface area contributed by atoms with Gasteiger partial charge in [-0.2, -0.15) is 0 Å². The molecule has 0 fully saturated rings. The van der Waals surface area contributed by atoms with E-state index in [0.29, 0.717) is 22.3 Å².